The van der Waals surface area contributed by atoms with Crippen LogP contribution in [0.1, 0.15) is 11.1 Å². The van der Waals surface area contributed by atoms with Crippen molar-refractivity contribution < 1.29 is 0 Å². The molecule has 0 fully saturated rings. The highest BCUT2D eigenvalue weighted by molar-refractivity contribution is 5.92. The number of benzene rings is 2. The van der Waals surface area contributed by atoms with Gasteiger partial charge in [0.05, 0.1) is 6.54 Å². The van der Waals surface area contributed by atoms with Gasteiger partial charge in [0, 0.05) is 25.5 Å². The van der Waals surface area contributed by atoms with Crippen molar-refractivity contribution in [2.45, 2.75) is 13.5 Å². The number of nitrogens with two attached hydrogens (primary N) is 1. The zero-order valence-electron chi connectivity index (χ0n) is 12.8. The maximum atomic E-state index is 5.93. The molecule has 0 saturated heterocycles. The molecule has 0 heterocycles. The molecule has 0 spiro atoms. The molecule has 0 radical (unpaired) electrons. The summed E-state index contributed by atoms with van der Waals surface area (Å²) in [5.74, 6) is 0.423. The summed E-state index contributed by atoms with van der Waals surface area (Å²) in [5, 5.41) is 3.09. The number of hydrogen-bond acceptors (Lipinski definition) is 2. The third-order valence-electron chi connectivity index (χ3n) is 3.19. The van der Waals surface area contributed by atoms with Gasteiger partial charge in [-0.15, -0.1) is 0 Å². The Morgan fingerprint density at radius 1 is 1.14 bits per heavy atom. The van der Waals surface area contributed by atoms with Crippen molar-refractivity contribution in [2.75, 3.05) is 24.3 Å². The first kappa shape index (κ1) is 14.9. The van der Waals surface area contributed by atoms with E-state index in [0.29, 0.717) is 12.5 Å². The third-order valence-corrected chi connectivity index (χ3v) is 3.19. The van der Waals surface area contributed by atoms with E-state index in [-0.39, 0.29) is 0 Å². The van der Waals surface area contributed by atoms with Gasteiger partial charge < -0.3 is 16.0 Å². The predicted molar refractivity (Wildman–Crippen MR) is 90.9 cm³/mol. The second-order valence-electron chi connectivity index (χ2n) is 5.22. The minimum absolute atomic E-state index is 0.423. The molecule has 21 heavy (non-hydrogen) atoms. The molecule has 2 aromatic rings. The number of guanidine groups is 1. The van der Waals surface area contributed by atoms with Gasteiger partial charge in [-0.05, 0) is 36.2 Å². The van der Waals surface area contributed by atoms with Gasteiger partial charge in [0.15, 0.2) is 5.96 Å². The smallest absolute Gasteiger partial charge is 0.193 e. The third kappa shape index (κ3) is 4.24. The molecule has 2 rings (SSSR count). The number of nitrogens with one attached hydrogen (secondary N) is 1. The van der Waals surface area contributed by atoms with Crippen LogP contribution in [0.15, 0.2) is 53.5 Å². The van der Waals surface area contributed by atoms with Crippen molar-refractivity contribution in [1.82, 2.24) is 0 Å². The lowest BCUT2D eigenvalue weighted by Crippen LogP contribution is -2.22. The van der Waals surface area contributed by atoms with Gasteiger partial charge in [0.2, 0.25) is 0 Å². The molecule has 0 atom stereocenters. The molecule has 0 aliphatic carbocycles. The summed E-state index contributed by atoms with van der Waals surface area (Å²) in [4.78, 5) is 6.51. The molecular weight excluding hydrogens is 260 g/mol. The van der Waals surface area contributed by atoms with Crippen LogP contribution in [0, 0.1) is 6.92 Å². The van der Waals surface area contributed by atoms with Gasteiger partial charge in [-0.1, -0.05) is 30.3 Å². The molecule has 3 N–H and O–H groups in total. The Morgan fingerprint density at radius 3 is 2.52 bits per heavy atom. The Balaban J connectivity index is 2.10. The fraction of sp³-hybridized carbons (Fsp3) is 0.235. The van der Waals surface area contributed by atoms with E-state index in [1.54, 1.807) is 0 Å². The van der Waals surface area contributed by atoms with E-state index in [1.165, 1.54) is 11.3 Å². The number of aliphatic imine (C=N–C) groups is 1. The number of para-hydroxylation sites is 1. The van der Waals surface area contributed by atoms with Crippen LogP contribution in [-0.2, 0) is 6.54 Å². The zero-order valence-corrected chi connectivity index (χ0v) is 12.8. The van der Waals surface area contributed by atoms with Crippen LogP contribution in [0.25, 0.3) is 0 Å². The highest BCUT2D eigenvalue weighted by Gasteiger charge is 2.04. The Kier molecular flexibility index (Phi) is 4.82. The molecule has 0 aromatic heterocycles. The van der Waals surface area contributed by atoms with E-state index in [1.807, 2.05) is 44.4 Å². The fourth-order valence-electron chi connectivity index (χ4n) is 2.10. The predicted octanol–water partition coefficient (Wildman–Crippen LogP) is 2.99. The van der Waals surface area contributed by atoms with E-state index in [4.69, 9.17) is 5.73 Å². The molecule has 2 aromatic carbocycles. The normalized spacial score (nSPS) is 11.3. The molecular formula is C17H22N4. The summed E-state index contributed by atoms with van der Waals surface area (Å²) >= 11 is 0. The first-order valence-electron chi connectivity index (χ1n) is 6.95. The summed E-state index contributed by atoms with van der Waals surface area (Å²) in [7, 11) is 4.07. The van der Waals surface area contributed by atoms with Gasteiger partial charge in [-0.25, -0.2) is 4.99 Å². The lowest BCUT2D eigenvalue weighted by Gasteiger charge is -2.17. The van der Waals surface area contributed by atoms with Crippen molar-refractivity contribution in [3.8, 4) is 0 Å². The highest BCUT2D eigenvalue weighted by Crippen LogP contribution is 2.21. The Labute approximate surface area is 126 Å². The summed E-state index contributed by atoms with van der Waals surface area (Å²) in [6, 6.07) is 16.2. The number of rotatable bonds is 4. The topological polar surface area (TPSA) is 53.6 Å². The minimum atomic E-state index is 0.423. The molecule has 0 saturated carbocycles. The van der Waals surface area contributed by atoms with Crippen LogP contribution >= 0.6 is 0 Å². The molecule has 4 nitrogen and oxygen atoms in total. The van der Waals surface area contributed by atoms with Gasteiger partial charge in [-0.3, -0.25) is 0 Å². The molecule has 0 aliphatic rings. The van der Waals surface area contributed by atoms with E-state index in [9.17, 15) is 0 Å². The van der Waals surface area contributed by atoms with E-state index >= 15 is 0 Å². The summed E-state index contributed by atoms with van der Waals surface area (Å²) in [6.07, 6.45) is 0. The maximum absolute atomic E-state index is 5.93. The largest absolute Gasteiger partial charge is 0.377 e. The van der Waals surface area contributed by atoms with Crippen LogP contribution in [0.4, 0.5) is 11.4 Å². The summed E-state index contributed by atoms with van der Waals surface area (Å²) in [6.45, 7) is 2.64. The van der Waals surface area contributed by atoms with Gasteiger partial charge >= 0.3 is 0 Å². The van der Waals surface area contributed by atoms with Crippen LogP contribution < -0.4 is 16.0 Å². The molecule has 0 aliphatic heterocycles. The van der Waals surface area contributed by atoms with Gasteiger partial charge in [-0.2, -0.15) is 0 Å². The number of hydrogen-bond donors (Lipinski definition) is 2. The van der Waals surface area contributed by atoms with Crippen molar-refractivity contribution in [3.05, 3.63) is 59.7 Å². The quantitative estimate of drug-likeness (QED) is 0.669. The van der Waals surface area contributed by atoms with Gasteiger partial charge in [0.25, 0.3) is 0 Å². The van der Waals surface area contributed by atoms with Crippen molar-refractivity contribution in [2.24, 2.45) is 10.7 Å². The number of aryl methyl sites for hydroxylation is 1. The lowest BCUT2D eigenvalue weighted by molar-refractivity contribution is 1.02. The second-order valence-corrected chi connectivity index (χ2v) is 5.22. The summed E-state index contributed by atoms with van der Waals surface area (Å²) < 4.78 is 0. The highest BCUT2D eigenvalue weighted by atomic mass is 15.1. The monoisotopic (exact) mass is 282 g/mol. The zero-order chi connectivity index (χ0) is 15.2. The fourth-order valence-corrected chi connectivity index (χ4v) is 2.10. The van der Waals surface area contributed by atoms with Crippen LogP contribution in [0.2, 0.25) is 0 Å². The van der Waals surface area contributed by atoms with Crippen molar-refractivity contribution in [3.63, 3.8) is 0 Å². The Hall–Kier alpha value is -2.49. The first-order chi connectivity index (χ1) is 10.1. The van der Waals surface area contributed by atoms with Crippen LogP contribution in [0.5, 0.6) is 0 Å². The van der Waals surface area contributed by atoms with Crippen LogP contribution in [0.3, 0.4) is 0 Å². The average Bonchev–Trinajstić information content (AvgIpc) is 2.47. The molecule has 110 valence electrons. The van der Waals surface area contributed by atoms with E-state index in [0.717, 1.165) is 11.3 Å². The molecule has 4 heteroatoms. The molecule has 0 amide bonds. The average molecular weight is 282 g/mol. The maximum Gasteiger partial charge on any atom is 0.193 e. The second kappa shape index (κ2) is 6.79. The van der Waals surface area contributed by atoms with Crippen molar-refractivity contribution >= 4 is 17.3 Å². The lowest BCUT2D eigenvalue weighted by atomic mass is 10.1. The van der Waals surface area contributed by atoms with Gasteiger partial charge in [0.1, 0.15) is 0 Å². The Morgan fingerprint density at radius 2 is 1.86 bits per heavy atom. The van der Waals surface area contributed by atoms with Crippen molar-refractivity contribution in [1.29, 1.82) is 0 Å². The molecule has 0 unspecified atom stereocenters. The number of anilines is 2. The SMILES string of the molecule is Cc1ccc(CN=C(N)Nc2ccccc2)c(N(C)C)c1. The van der Waals surface area contributed by atoms with Crippen LogP contribution in [-0.4, -0.2) is 20.1 Å². The standard InChI is InChI=1S/C17H22N4/c1-13-9-10-14(16(11-13)21(2)3)12-19-17(18)20-15-7-5-4-6-8-15/h4-11H,12H2,1-3H3,(H3,18,19,20). The number of nitrogens with zero attached hydrogens (tertiary/aromatic N) is 2. The van der Waals surface area contributed by atoms with E-state index in [2.05, 4.69) is 40.3 Å². The van der Waals surface area contributed by atoms with E-state index < -0.39 is 0 Å². The minimum Gasteiger partial charge on any atom is -0.377 e. The summed E-state index contributed by atoms with van der Waals surface area (Å²) in [5.41, 5.74) is 10.4. The molecule has 0 bridgehead atoms. The first-order valence-corrected chi connectivity index (χ1v) is 6.95. The Bertz CT molecular complexity index is 618.